The minimum atomic E-state index is -0.300. The van der Waals surface area contributed by atoms with Crippen LogP contribution in [0.15, 0.2) is 0 Å². The first-order valence-corrected chi connectivity index (χ1v) is 4.55. The van der Waals surface area contributed by atoms with E-state index >= 15 is 0 Å². The molecule has 0 aromatic carbocycles. The van der Waals surface area contributed by atoms with E-state index in [0.29, 0.717) is 12.5 Å². The summed E-state index contributed by atoms with van der Waals surface area (Å²) in [6.45, 7) is 2.47. The number of rotatable bonds is 0. The fourth-order valence-electron chi connectivity index (χ4n) is 2.45. The molecule has 1 saturated carbocycles. The number of aliphatic hydroxyl groups is 1. The highest BCUT2D eigenvalue weighted by molar-refractivity contribution is 5.74. The van der Waals surface area contributed by atoms with Gasteiger partial charge in [0.25, 0.3) is 0 Å². The Bertz CT molecular complexity index is 202. The number of carbonyl (C=O) groups excluding carboxylic acids is 1. The second kappa shape index (κ2) is 2.73. The number of esters is 1. The van der Waals surface area contributed by atoms with Crippen molar-refractivity contribution >= 4 is 5.97 Å². The van der Waals surface area contributed by atoms with Crippen molar-refractivity contribution in [2.45, 2.75) is 25.9 Å². The lowest BCUT2D eigenvalue weighted by Gasteiger charge is -2.25. The van der Waals surface area contributed by atoms with Gasteiger partial charge in [-0.2, -0.15) is 0 Å². The topological polar surface area (TPSA) is 46.5 Å². The quantitative estimate of drug-likeness (QED) is 0.540. The van der Waals surface area contributed by atoms with Gasteiger partial charge in [0.15, 0.2) is 0 Å². The minimum absolute atomic E-state index is 0.0336. The minimum Gasteiger partial charge on any atom is -0.465 e. The maximum Gasteiger partial charge on any atom is 0.309 e. The van der Waals surface area contributed by atoms with E-state index in [1.54, 1.807) is 0 Å². The van der Waals surface area contributed by atoms with Crippen molar-refractivity contribution in [1.82, 2.24) is 0 Å². The Morgan fingerprint density at radius 1 is 1.58 bits per heavy atom. The van der Waals surface area contributed by atoms with Gasteiger partial charge in [0, 0.05) is 0 Å². The summed E-state index contributed by atoms with van der Waals surface area (Å²) >= 11 is 0. The Hall–Kier alpha value is -0.570. The average molecular weight is 170 g/mol. The summed E-state index contributed by atoms with van der Waals surface area (Å²) in [5.41, 5.74) is 0. The smallest absolute Gasteiger partial charge is 0.309 e. The molecule has 0 radical (unpaired) electrons. The molecule has 0 amide bonds. The van der Waals surface area contributed by atoms with Crippen LogP contribution in [0.4, 0.5) is 0 Å². The van der Waals surface area contributed by atoms with E-state index in [0.717, 1.165) is 12.8 Å². The van der Waals surface area contributed by atoms with Gasteiger partial charge in [0.1, 0.15) is 0 Å². The molecule has 1 aliphatic carbocycles. The molecule has 1 N–H and O–H groups in total. The number of hydrogen-bond acceptors (Lipinski definition) is 3. The zero-order valence-corrected chi connectivity index (χ0v) is 7.19. The molecular weight excluding hydrogens is 156 g/mol. The van der Waals surface area contributed by atoms with Crippen molar-refractivity contribution in [3.63, 3.8) is 0 Å². The van der Waals surface area contributed by atoms with E-state index in [4.69, 9.17) is 4.74 Å². The molecule has 0 aromatic rings. The van der Waals surface area contributed by atoms with E-state index in [1.807, 2.05) is 6.92 Å². The molecule has 2 rings (SSSR count). The molecule has 1 saturated heterocycles. The van der Waals surface area contributed by atoms with Gasteiger partial charge in [-0.05, 0) is 24.7 Å². The molecule has 4 atom stereocenters. The average Bonchev–Trinajstić information content (AvgIpc) is 2.29. The normalized spacial score (nSPS) is 47.0. The van der Waals surface area contributed by atoms with Gasteiger partial charge in [-0.15, -0.1) is 0 Å². The van der Waals surface area contributed by atoms with Crippen molar-refractivity contribution in [3.05, 3.63) is 0 Å². The summed E-state index contributed by atoms with van der Waals surface area (Å²) in [6, 6.07) is 0. The van der Waals surface area contributed by atoms with Gasteiger partial charge < -0.3 is 9.84 Å². The number of ether oxygens (including phenoxy) is 1. The molecule has 0 aromatic heterocycles. The highest BCUT2D eigenvalue weighted by Crippen LogP contribution is 2.41. The van der Waals surface area contributed by atoms with Gasteiger partial charge in [0.2, 0.25) is 0 Å². The molecule has 3 heteroatoms. The maximum atomic E-state index is 11.3. The zero-order valence-electron chi connectivity index (χ0n) is 7.19. The highest BCUT2D eigenvalue weighted by atomic mass is 16.5. The van der Waals surface area contributed by atoms with Crippen LogP contribution in [0.1, 0.15) is 19.8 Å². The molecule has 1 aliphatic heterocycles. The van der Waals surface area contributed by atoms with Crippen LogP contribution in [-0.2, 0) is 9.53 Å². The number of aliphatic hydroxyl groups excluding tert-OH is 1. The summed E-state index contributed by atoms with van der Waals surface area (Å²) in [5.74, 6) is 0.322. The summed E-state index contributed by atoms with van der Waals surface area (Å²) in [7, 11) is 0. The van der Waals surface area contributed by atoms with Gasteiger partial charge in [-0.3, -0.25) is 4.79 Å². The van der Waals surface area contributed by atoms with Crippen LogP contribution in [0.3, 0.4) is 0 Å². The van der Waals surface area contributed by atoms with Crippen molar-refractivity contribution in [2.24, 2.45) is 17.8 Å². The fourth-order valence-corrected chi connectivity index (χ4v) is 2.45. The third-order valence-corrected chi connectivity index (χ3v) is 3.23. The van der Waals surface area contributed by atoms with E-state index in [2.05, 4.69) is 0 Å². The Labute approximate surface area is 71.7 Å². The molecule has 0 unspecified atom stereocenters. The van der Waals surface area contributed by atoms with Gasteiger partial charge in [-0.25, -0.2) is 0 Å². The monoisotopic (exact) mass is 170 g/mol. The lowest BCUT2D eigenvalue weighted by molar-refractivity contribution is -0.157. The molecule has 2 aliphatic rings. The molecule has 68 valence electrons. The van der Waals surface area contributed by atoms with Gasteiger partial charge in [0.05, 0.1) is 18.6 Å². The third-order valence-electron chi connectivity index (χ3n) is 3.23. The summed E-state index contributed by atoms with van der Waals surface area (Å²) < 4.78 is 4.96. The van der Waals surface area contributed by atoms with Crippen LogP contribution in [0, 0.1) is 17.8 Å². The standard InChI is InChI=1S/C9H14O3/c1-5-7(10)4-6-2-3-12-9(11)8(5)6/h5-8,10H,2-4H2,1H3/t5-,6-,7-,8-/m0/s1. The van der Waals surface area contributed by atoms with E-state index in [1.165, 1.54) is 0 Å². The molecule has 2 fully saturated rings. The van der Waals surface area contributed by atoms with Gasteiger partial charge >= 0.3 is 5.97 Å². The SMILES string of the molecule is C[C@@H]1[C@@H]2C(=O)OCC[C@H]2C[C@@H]1O. The van der Waals surface area contributed by atoms with Crippen molar-refractivity contribution in [3.8, 4) is 0 Å². The van der Waals surface area contributed by atoms with Crippen LogP contribution in [0.5, 0.6) is 0 Å². The van der Waals surface area contributed by atoms with Gasteiger partial charge in [-0.1, -0.05) is 6.92 Å². The lowest BCUT2D eigenvalue weighted by atomic mass is 9.87. The molecular formula is C9H14O3. The third kappa shape index (κ3) is 1.04. The predicted octanol–water partition coefficient (Wildman–Crippen LogP) is 0.566. The first-order chi connectivity index (χ1) is 5.70. The summed E-state index contributed by atoms with van der Waals surface area (Å²) in [5, 5.41) is 9.54. The van der Waals surface area contributed by atoms with Crippen molar-refractivity contribution < 1.29 is 14.6 Å². The van der Waals surface area contributed by atoms with Crippen LogP contribution < -0.4 is 0 Å². The summed E-state index contributed by atoms with van der Waals surface area (Å²) in [6.07, 6.45) is 1.41. The second-order valence-electron chi connectivity index (χ2n) is 3.90. The van der Waals surface area contributed by atoms with Crippen LogP contribution in [0.2, 0.25) is 0 Å². The first kappa shape index (κ1) is 8.05. The van der Waals surface area contributed by atoms with Crippen LogP contribution >= 0.6 is 0 Å². The van der Waals surface area contributed by atoms with E-state index in [9.17, 15) is 9.90 Å². The van der Waals surface area contributed by atoms with Crippen molar-refractivity contribution in [1.29, 1.82) is 0 Å². The number of fused-ring (bicyclic) bond motifs is 1. The Balaban J connectivity index is 2.17. The molecule has 0 spiro atoms. The highest BCUT2D eigenvalue weighted by Gasteiger charge is 2.46. The Morgan fingerprint density at radius 2 is 2.33 bits per heavy atom. The number of carbonyl (C=O) groups is 1. The largest absolute Gasteiger partial charge is 0.465 e. The predicted molar refractivity (Wildman–Crippen MR) is 42.3 cm³/mol. The maximum absolute atomic E-state index is 11.3. The molecule has 12 heavy (non-hydrogen) atoms. The first-order valence-electron chi connectivity index (χ1n) is 4.55. The molecule has 3 nitrogen and oxygen atoms in total. The summed E-state index contributed by atoms with van der Waals surface area (Å²) in [4.78, 5) is 11.3. The zero-order chi connectivity index (χ0) is 8.72. The molecule has 0 bridgehead atoms. The number of hydrogen-bond donors (Lipinski definition) is 1. The van der Waals surface area contributed by atoms with Crippen molar-refractivity contribution in [2.75, 3.05) is 6.61 Å². The Morgan fingerprint density at radius 3 is 3.00 bits per heavy atom. The van der Waals surface area contributed by atoms with E-state index < -0.39 is 0 Å². The van der Waals surface area contributed by atoms with Crippen LogP contribution in [-0.4, -0.2) is 23.8 Å². The molecule has 1 heterocycles. The second-order valence-corrected chi connectivity index (χ2v) is 3.90. The fraction of sp³-hybridized carbons (Fsp3) is 0.889. The Kier molecular flexibility index (Phi) is 1.83. The van der Waals surface area contributed by atoms with Crippen LogP contribution in [0.25, 0.3) is 0 Å². The van der Waals surface area contributed by atoms with E-state index in [-0.39, 0.29) is 23.9 Å². The lowest BCUT2D eigenvalue weighted by Crippen LogP contribution is -2.32. The number of cyclic esters (lactones) is 1.